The van der Waals surface area contributed by atoms with E-state index in [0.717, 1.165) is 15.9 Å². The molecule has 0 unspecified atom stereocenters. The van der Waals surface area contributed by atoms with Crippen molar-refractivity contribution in [2.75, 3.05) is 11.5 Å². The van der Waals surface area contributed by atoms with Crippen LogP contribution in [-0.2, 0) is 16.4 Å². The van der Waals surface area contributed by atoms with Crippen LogP contribution in [0.2, 0.25) is 5.02 Å². The maximum absolute atomic E-state index is 11.4. The maximum atomic E-state index is 11.4. The predicted octanol–water partition coefficient (Wildman–Crippen LogP) is 3.12. The molecular formula is C13H16ClNO2S. The summed E-state index contributed by atoms with van der Waals surface area (Å²) in [5.74, 6) is 0.453. The average Bonchev–Trinajstić information content (AvgIpc) is 2.74. The molecule has 0 saturated heterocycles. The molecule has 0 N–H and O–H groups in total. The van der Waals surface area contributed by atoms with Gasteiger partial charge in [0, 0.05) is 34.4 Å². The van der Waals surface area contributed by atoms with E-state index < -0.39 is 9.84 Å². The minimum absolute atomic E-state index is 0.214. The van der Waals surface area contributed by atoms with Crippen LogP contribution in [0.4, 0.5) is 0 Å². The molecule has 0 fully saturated rings. The third-order valence-electron chi connectivity index (χ3n) is 3.05. The van der Waals surface area contributed by atoms with E-state index in [4.69, 9.17) is 11.6 Å². The molecule has 0 saturated carbocycles. The van der Waals surface area contributed by atoms with Crippen LogP contribution in [0.5, 0.6) is 0 Å². The Morgan fingerprint density at radius 3 is 2.78 bits per heavy atom. The first kappa shape index (κ1) is 13.4. The van der Waals surface area contributed by atoms with Crippen molar-refractivity contribution in [1.29, 1.82) is 0 Å². The van der Waals surface area contributed by atoms with Gasteiger partial charge in [0.15, 0.2) is 0 Å². The molecule has 1 aromatic carbocycles. The summed E-state index contributed by atoms with van der Waals surface area (Å²) in [7, 11) is -2.87. The Morgan fingerprint density at radius 2 is 2.06 bits per heavy atom. The summed E-state index contributed by atoms with van der Waals surface area (Å²) in [6.07, 6.45) is 2.58. The van der Waals surface area contributed by atoms with E-state index >= 15 is 0 Å². The van der Waals surface area contributed by atoms with Gasteiger partial charge in [-0.3, -0.25) is 0 Å². The van der Waals surface area contributed by atoms with Crippen LogP contribution >= 0.6 is 11.6 Å². The van der Waals surface area contributed by atoms with Gasteiger partial charge in [-0.2, -0.15) is 0 Å². The summed E-state index contributed by atoms with van der Waals surface area (Å²) in [6.45, 7) is 2.38. The van der Waals surface area contributed by atoms with Crippen LogP contribution in [0.15, 0.2) is 30.5 Å². The highest BCUT2D eigenvalue weighted by Crippen LogP contribution is 2.24. The number of sulfone groups is 1. The van der Waals surface area contributed by atoms with E-state index in [-0.39, 0.29) is 11.5 Å². The first-order chi connectivity index (χ1) is 8.53. The molecule has 0 aliphatic carbocycles. The van der Waals surface area contributed by atoms with E-state index in [1.165, 1.54) is 0 Å². The fraction of sp³-hybridized carbons (Fsp3) is 0.385. The van der Waals surface area contributed by atoms with Crippen LogP contribution < -0.4 is 0 Å². The van der Waals surface area contributed by atoms with Gasteiger partial charge in [0.25, 0.3) is 0 Å². The van der Waals surface area contributed by atoms with E-state index in [9.17, 15) is 8.42 Å². The summed E-state index contributed by atoms with van der Waals surface area (Å²) in [6, 6.07) is 7.72. The van der Waals surface area contributed by atoms with Crippen molar-refractivity contribution in [1.82, 2.24) is 4.57 Å². The molecule has 5 heteroatoms. The fourth-order valence-corrected chi connectivity index (χ4v) is 3.07. The van der Waals surface area contributed by atoms with Gasteiger partial charge in [-0.05, 0) is 24.6 Å². The number of nitrogens with zero attached hydrogens (tertiary/aromatic N) is 1. The van der Waals surface area contributed by atoms with Gasteiger partial charge in [-0.25, -0.2) is 8.42 Å². The van der Waals surface area contributed by atoms with Crippen LogP contribution in [0.1, 0.15) is 13.3 Å². The maximum Gasteiger partial charge on any atom is 0.150 e. The SMILES string of the molecule is CCS(=O)(=O)CCCn1ccc2c(Cl)cccc21. The third kappa shape index (κ3) is 2.87. The molecule has 18 heavy (non-hydrogen) atoms. The van der Waals surface area contributed by atoms with Gasteiger partial charge in [0.1, 0.15) is 9.84 Å². The van der Waals surface area contributed by atoms with E-state index in [1.807, 2.05) is 35.0 Å². The second-order valence-electron chi connectivity index (χ2n) is 4.27. The topological polar surface area (TPSA) is 39.1 Å². The lowest BCUT2D eigenvalue weighted by molar-refractivity contribution is 0.589. The Hall–Kier alpha value is -1.00. The van der Waals surface area contributed by atoms with E-state index in [0.29, 0.717) is 13.0 Å². The highest BCUT2D eigenvalue weighted by molar-refractivity contribution is 7.91. The monoisotopic (exact) mass is 285 g/mol. The Bertz CT molecular complexity index is 646. The molecule has 3 nitrogen and oxygen atoms in total. The largest absolute Gasteiger partial charge is 0.347 e. The Kier molecular flexibility index (Phi) is 3.97. The number of hydrogen-bond acceptors (Lipinski definition) is 2. The van der Waals surface area contributed by atoms with Crippen molar-refractivity contribution in [2.45, 2.75) is 19.9 Å². The van der Waals surface area contributed by atoms with Gasteiger partial charge < -0.3 is 4.57 Å². The summed E-state index contributed by atoms with van der Waals surface area (Å²) >= 11 is 6.09. The van der Waals surface area contributed by atoms with Crippen LogP contribution in [0.25, 0.3) is 10.9 Å². The molecule has 0 atom stereocenters. The zero-order valence-electron chi connectivity index (χ0n) is 10.3. The quantitative estimate of drug-likeness (QED) is 0.847. The molecule has 0 aliphatic rings. The second kappa shape index (κ2) is 5.33. The van der Waals surface area contributed by atoms with Crippen molar-refractivity contribution in [2.24, 2.45) is 0 Å². The predicted molar refractivity (Wildman–Crippen MR) is 75.9 cm³/mol. The molecule has 0 bridgehead atoms. The van der Waals surface area contributed by atoms with Crippen LogP contribution in [0.3, 0.4) is 0 Å². The van der Waals surface area contributed by atoms with Crippen molar-refractivity contribution in [3.05, 3.63) is 35.5 Å². The van der Waals surface area contributed by atoms with Gasteiger partial charge in [-0.15, -0.1) is 0 Å². The van der Waals surface area contributed by atoms with E-state index in [2.05, 4.69) is 0 Å². The lowest BCUT2D eigenvalue weighted by Crippen LogP contribution is -2.10. The van der Waals surface area contributed by atoms with Crippen molar-refractivity contribution < 1.29 is 8.42 Å². The lowest BCUT2D eigenvalue weighted by atomic mass is 10.2. The van der Waals surface area contributed by atoms with Gasteiger partial charge >= 0.3 is 0 Å². The highest BCUT2D eigenvalue weighted by atomic mass is 35.5. The number of halogens is 1. The summed E-state index contributed by atoms with van der Waals surface area (Å²) in [5, 5.41) is 1.74. The van der Waals surface area contributed by atoms with Gasteiger partial charge in [-0.1, -0.05) is 24.6 Å². The minimum Gasteiger partial charge on any atom is -0.347 e. The second-order valence-corrected chi connectivity index (χ2v) is 7.15. The van der Waals surface area contributed by atoms with Crippen LogP contribution in [0, 0.1) is 0 Å². The molecule has 2 aromatic rings. The molecule has 0 amide bonds. The minimum atomic E-state index is -2.87. The Labute approximate surface area is 112 Å². The van der Waals surface area contributed by atoms with Gasteiger partial charge in [0.05, 0.1) is 5.75 Å². The van der Waals surface area contributed by atoms with Crippen LogP contribution in [-0.4, -0.2) is 24.5 Å². The average molecular weight is 286 g/mol. The lowest BCUT2D eigenvalue weighted by Gasteiger charge is -2.05. The molecular weight excluding hydrogens is 270 g/mol. The first-order valence-electron chi connectivity index (χ1n) is 5.97. The smallest absolute Gasteiger partial charge is 0.150 e. The molecule has 0 radical (unpaired) electrons. The number of hydrogen-bond donors (Lipinski definition) is 0. The number of rotatable bonds is 5. The number of aryl methyl sites for hydroxylation is 1. The van der Waals surface area contributed by atoms with Crippen molar-refractivity contribution >= 4 is 32.3 Å². The normalized spacial score (nSPS) is 12.1. The summed E-state index contributed by atoms with van der Waals surface area (Å²) in [5.41, 5.74) is 1.05. The fourth-order valence-electron chi connectivity index (χ4n) is 1.98. The van der Waals surface area contributed by atoms with Crippen molar-refractivity contribution in [3.63, 3.8) is 0 Å². The summed E-state index contributed by atoms with van der Waals surface area (Å²) in [4.78, 5) is 0. The summed E-state index contributed by atoms with van der Waals surface area (Å²) < 4.78 is 24.9. The molecule has 0 spiro atoms. The zero-order chi connectivity index (χ0) is 13.2. The van der Waals surface area contributed by atoms with Gasteiger partial charge in [0.2, 0.25) is 0 Å². The first-order valence-corrected chi connectivity index (χ1v) is 8.17. The Morgan fingerprint density at radius 1 is 1.28 bits per heavy atom. The standard InChI is InChI=1S/C13H16ClNO2S/c1-2-18(16,17)10-4-8-15-9-7-11-12(14)5-3-6-13(11)15/h3,5-7,9H,2,4,8,10H2,1H3. The Balaban J connectivity index is 2.11. The highest BCUT2D eigenvalue weighted by Gasteiger charge is 2.08. The molecule has 1 heterocycles. The number of aromatic nitrogens is 1. The molecule has 2 rings (SSSR count). The third-order valence-corrected chi connectivity index (χ3v) is 5.17. The number of fused-ring (bicyclic) bond motifs is 1. The number of benzene rings is 1. The molecule has 98 valence electrons. The van der Waals surface area contributed by atoms with E-state index in [1.54, 1.807) is 6.92 Å². The van der Waals surface area contributed by atoms with Crippen molar-refractivity contribution in [3.8, 4) is 0 Å². The zero-order valence-corrected chi connectivity index (χ0v) is 11.8. The molecule has 1 aromatic heterocycles. The molecule has 0 aliphatic heterocycles.